The molecule has 53 heavy (non-hydrogen) atoms. The van der Waals surface area contributed by atoms with Gasteiger partial charge in [0.2, 0.25) is 0 Å². The number of nitrogens with one attached hydrogen (secondary N) is 2. The Morgan fingerprint density at radius 2 is 1.74 bits per heavy atom. The van der Waals surface area contributed by atoms with Gasteiger partial charge in [0.15, 0.2) is 0 Å². The van der Waals surface area contributed by atoms with E-state index in [-0.39, 0.29) is 22.6 Å². The zero-order valence-corrected chi connectivity index (χ0v) is 30.7. The lowest BCUT2D eigenvalue weighted by Crippen LogP contribution is -2.30. The Morgan fingerprint density at radius 3 is 2.47 bits per heavy atom. The fourth-order valence-electron chi connectivity index (χ4n) is 5.73. The Kier molecular flexibility index (Phi) is 15.7. The van der Waals surface area contributed by atoms with E-state index < -0.39 is 40.6 Å². The van der Waals surface area contributed by atoms with Gasteiger partial charge in [-0.15, -0.1) is 0 Å². The van der Waals surface area contributed by atoms with Gasteiger partial charge < -0.3 is 21.1 Å². The van der Waals surface area contributed by atoms with E-state index in [1.807, 2.05) is 12.1 Å². The molecule has 0 bridgehead atoms. The van der Waals surface area contributed by atoms with E-state index in [9.17, 15) is 32.3 Å². The third kappa shape index (κ3) is 13.2. The Labute approximate surface area is 315 Å². The number of alkyl halides is 3. The normalized spacial score (nSPS) is 13.9. The number of carboxylic acid groups (broad SMARTS) is 1. The lowest BCUT2D eigenvalue weighted by atomic mass is 10.1. The number of unbranched alkanes of at least 4 members (excludes halogenated alkanes) is 2. The first kappa shape index (κ1) is 41.4. The summed E-state index contributed by atoms with van der Waals surface area (Å²) in [6, 6.07) is 14.6. The molecule has 2 amide bonds. The van der Waals surface area contributed by atoms with Crippen LogP contribution in [0.1, 0.15) is 95.2 Å². The second-order valence-electron chi connectivity index (χ2n) is 12.8. The van der Waals surface area contributed by atoms with Crippen molar-refractivity contribution in [1.82, 2.24) is 5.43 Å². The van der Waals surface area contributed by atoms with Gasteiger partial charge in [0, 0.05) is 48.7 Å². The summed E-state index contributed by atoms with van der Waals surface area (Å²) in [6.45, 7) is 1.63. The van der Waals surface area contributed by atoms with E-state index in [1.165, 1.54) is 6.07 Å². The number of piperidine rings is 1. The van der Waals surface area contributed by atoms with E-state index in [4.69, 9.17) is 22.4 Å². The molecule has 1 aliphatic rings. The fourth-order valence-corrected chi connectivity index (χ4v) is 6.88. The number of hydrogen-bond acceptors (Lipinski definition) is 8. The first-order valence-corrected chi connectivity index (χ1v) is 18.9. The largest absolute Gasteiger partial charge is 0.480 e. The summed E-state index contributed by atoms with van der Waals surface area (Å²) in [5, 5.41) is 15.1. The van der Waals surface area contributed by atoms with Gasteiger partial charge in [0.25, 0.3) is 11.8 Å². The number of amides is 2. The summed E-state index contributed by atoms with van der Waals surface area (Å²) in [6.07, 6.45) is 2.89. The van der Waals surface area contributed by atoms with Gasteiger partial charge >= 0.3 is 12.1 Å². The minimum Gasteiger partial charge on any atom is -0.480 e. The van der Waals surface area contributed by atoms with Crippen molar-refractivity contribution in [3.05, 3.63) is 93.5 Å². The van der Waals surface area contributed by atoms with Gasteiger partial charge in [-0.3, -0.25) is 19.2 Å². The number of carbonyl (C=O) groups excluding carboxylic acids is 3. The third-order valence-electron chi connectivity index (χ3n) is 8.66. The second kappa shape index (κ2) is 20.2. The number of aliphatic carboxylic acids is 1. The number of Topliss-reactive ketones (excluding diaryl/α,β-unsaturated/α-hetero) is 1. The Hall–Kier alpha value is -4.40. The third-order valence-corrected chi connectivity index (χ3v) is 10.0. The molecule has 1 aliphatic heterocycles. The summed E-state index contributed by atoms with van der Waals surface area (Å²) in [5.74, 6) is -0.789. The SMILES string of the molecule is N[C@@H](CCCCCC(=O)CCSCc1cccc(C(=O)Nc2ccc(N3CCCCC3)cc2C(=O)N/N=C/c2ccc(Cl)c(C(F)(F)F)c2)c1)C(=O)O. The van der Waals surface area contributed by atoms with E-state index in [0.29, 0.717) is 49.2 Å². The van der Waals surface area contributed by atoms with E-state index in [2.05, 4.69) is 20.7 Å². The van der Waals surface area contributed by atoms with Crippen LogP contribution in [0.4, 0.5) is 24.5 Å². The first-order chi connectivity index (χ1) is 25.3. The molecule has 0 unspecified atom stereocenters. The van der Waals surface area contributed by atoms with Crippen molar-refractivity contribution in [2.75, 3.05) is 29.1 Å². The van der Waals surface area contributed by atoms with Gasteiger partial charge in [0.1, 0.15) is 11.8 Å². The molecule has 3 aromatic rings. The van der Waals surface area contributed by atoms with Crippen molar-refractivity contribution in [3.63, 3.8) is 0 Å². The zero-order valence-electron chi connectivity index (χ0n) is 29.1. The lowest BCUT2D eigenvalue weighted by Gasteiger charge is -2.29. The summed E-state index contributed by atoms with van der Waals surface area (Å²) in [4.78, 5) is 52.1. The number of ketones is 1. The van der Waals surface area contributed by atoms with E-state index >= 15 is 0 Å². The number of carbonyl (C=O) groups is 4. The number of nitrogens with two attached hydrogens (primary N) is 1. The molecule has 1 saturated heterocycles. The minimum absolute atomic E-state index is 0.0787. The highest BCUT2D eigenvalue weighted by molar-refractivity contribution is 7.98. The predicted octanol–water partition coefficient (Wildman–Crippen LogP) is 7.92. The smallest absolute Gasteiger partial charge is 0.417 e. The summed E-state index contributed by atoms with van der Waals surface area (Å²) >= 11 is 7.28. The molecule has 1 fully saturated rings. The molecule has 0 aromatic heterocycles. The highest BCUT2D eigenvalue weighted by Crippen LogP contribution is 2.35. The average molecular weight is 774 g/mol. The number of anilines is 2. The van der Waals surface area contributed by atoms with Crippen molar-refractivity contribution in [2.45, 2.75) is 75.8 Å². The minimum atomic E-state index is -4.66. The molecular weight excluding hydrogens is 731 g/mol. The zero-order chi connectivity index (χ0) is 38.4. The van der Waals surface area contributed by atoms with Crippen LogP contribution < -0.4 is 21.4 Å². The highest BCUT2D eigenvalue weighted by atomic mass is 35.5. The predicted molar refractivity (Wildman–Crippen MR) is 203 cm³/mol. The van der Waals surface area contributed by atoms with Crippen LogP contribution >= 0.6 is 23.4 Å². The molecule has 284 valence electrons. The molecule has 3 aromatic carbocycles. The number of carboxylic acids is 1. The number of hydrogen-bond donors (Lipinski definition) is 4. The molecule has 5 N–H and O–H groups in total. The Morgan fingerprint density at radius 1 is 0.962 bits per heavy atom. The van der Waals surface area contributed by atoms with Gasteiger partial charge in [-0.2, -0.15) is 30.0 Å². The van der Waals surface area contributed by atoms with Crippen molar-refractivity contribution in [2.24, 2.45) is 10.8 Å². The average Bonchev–Trinajstić information content (AvgIpc) is 3.13. The van der Waals surface area contributed by atoms with Crippen LogP contribution in [0.5, 0.6) is 0 Å². The quantitative estimate of drug-likeness (QED) is 0.0578. The monoisotopic (exact) mass is 773 g/mol. The molecule has 1 heterocycles. The lowest BCUT2D eigenvalue weighted by molar-refractivity contribution is -0.139. The highest BCUT2D eigenvalue weighted by Gasteiger charge is 2.33. The molecule has 0 spiro atoms. The molecule has 4 rings (SSSR count). The maximum atomic E-state index is 13.4. The Bertz CT molecular complexity index is 1790. The number of benzene rings is 3. The number of rotatable bonds is 18. The molecule has 1 atom stereocenters. The number of nitrogens with zero attached hydrogens (tertiary/aromatic N) is 2. The molecular formula is C38H43ClF3N5O5S. The van der Waals surface area contributed by atoms with Gasteiger partial charge in [-0.05, 0) is 85.7 Å². The van der Waals surface area contributed by atoms with Crippen LogP contribution in [-0.4, -0.2) is 59.8 Å². The van der Waals surface area contributed by atoms with Gasteiger partial charge in [0.05, 0.1) is 28.1 Å². The van der Waals surface area contributed by atoms with Crippen molar-refractivity contribution in [1.29, 1.82) is 0 Å². The van der Waals surface area contributed by atoms with E-state index in [0.717, 1.165) is 68.4 Å². The summed E-state index contributed by atoms with van der Waals surface area (Å²) in [5.41, 5.74) is 9.34. The van der Waals surface area contributed by atoms with Crippen LogP contribution in [0.2, 0.25) is 5.02 Å². The van der Waals surface area contributed by atoms with Crippen molar-refractivity contribution in [3.8, 4) is 0 Å². The molecule has 15 heteroatoms. The van der Waals surface area contributed by atoms with Crippen LogP contribution in [0.15, 0.2) is 65.8 Å². The van der Waals surface area contributed by atoms with Crippen LogP contribution in [0.3, 0.4) is 0 Å². The van der Waals surface area contributed by atoms with Crippen LogP contribution in [-0.2, 0) is 21.5 Å². The maximum Gasteiger partial charge on any atom is 0.417 e. The molecule has 0 saturated carbocycles. The summed E-state index contributed by atoms with van der Waals surface area (Å²) in [7, 11) is 0. The number of thioether (sulfide) groups is 1. The van der Waals surface area contributed by atoms with Crippen molar-refractivity contribution < 1.29 is 37.5 Å². The van der Waals surface area contributed by atoms with Crippen LogP contribution in [0.25, 0.3) is 0 Å². The number of hydrazone groups is 1. The van der Waals surface area contributed by atoms with Gasteiger partial charge in [-0.1, -0.05) is 42.6 Å². The number of halogens is 4. The fraction of sp³-hybridized carbons (Fsp3) is 0.395. The first-order valence-electron chi connectivity index (χ1n) is 17.4. The summed E-state index contributed by atoms with van der Waals surface area (Å²) < 4.78 is 39.9. The van der Waals surface area contributed by atoms with E-state index in [1.54, 1.807) is 42.1 Å². The van der Waals surface area contributed by atoms with Crippen LogP contribution in [0, 0.1) is 0 Å². The van der Waals surface area contributed by atoms with Crippen molar-refractivity contribution >= 4 is 64.5 Å². The topological polar surface area (TPSA) is 154 Å². The molecule has 0 aliphatic carbocycles. The second-order valence-corrected chi connectivity index (χ2v) is 14.3. The maximum absolute atomic E-state index is 13.4. The molecule has 0 radical (unpaired) electrons. The Balaban J connectivity index is 1.36. The van der Waals surface area contributed by atoms with Gasteiger partial charge in [-0.25, -0.2) is 5.43 Å². The molecule has 10 nitrogen and oxygen atoms in total. The standard InChI is InChI=1S/C38H43ClF3N5O5S/c39-32-14-12-25(21-31(32)38(40,41)42)23-44-46-36(50)30-22-28(47-17-5-2-6-18-47)13-15-34(30)45-35(49)27-9-7-8-26(20-27)24-53-19-16-29(48)10-3-1-4-11-33(43)37(51)52/h7-9,12-15,20-23,33H,1-6,10-11,16-19,24,43H2,(H,45,49)(H,46,50)(H,51,52)/b44-23+/t33-/m0/s1.